The van der Waals surface area contributed by atoms with Crippen LogP contribution in [0.1, 0.15) is 26.7 Å². The zero-order chi connectivity index (χ0) is 15.5. The molecule has 0 spiro atoms. The van der Waals surface area contributed by atoms with Gasteiger partial charge in [0.2, 0.25) is 10.0 Å². The van der Waals surface area contributed by atoms with Crippen LogP contribution in [0.2, 0.25) is 0 Å². The Balaban J connectivity index is 2.19. The fourth-order valence-corrected chi connectivity index (χ4v) is 3.79. The zero-order valence-corrected chi connectivity index (χ0v) is 13.3. The second-order valence-electron chi connectivity index (χ2n) is 5.50. The van der Waals surface area contributed by atoms with Crippen LogP contribution in [0.15, 0.2) is 23.2 Å². The summed E-state index contributed by atoms with van der Waals surface area (Å²) in [5.41, 5.74) is 0. The number of aliphatic hydroxyl groups excluding tert-OH is 1. The third-order valence-electron chi connectivity index (χ3n) is 3.81. The molecule has 2 unspecified atom stereocenters. The lowest BCUT2D eigenvalue weighted by Gasteiger charge is -2.33. The van der Waals surface area contributed by atoms with Gasteiger partial charge in [-0.2, -0.15) is 4.31 Å². The van der Waals surface area contributed by atoms with Crippen molar-refractivity contribution in [1.29, 1.82) is 0 Å². The van der Waals surface area contributed by atoms with Gasteiger partial charge in [0.25, 0.3) is 0 Å². The average molecular weight is 313 g/mol. The van der Waals surface area contributed by atoms with E-state index >= 15 is 0 Å². The van der Waals surface area contributed by atoms with Gasteiger partial charge in [-0.25, -0.2) is 13.4 Å². The molecule has 0 saturated carbocycles. The normalized spacial score (nSPS) is 24.0. The summed E-state index contributed by atoms with van der Waals surface area (Å²) in [5, 5.41) is 13.0. The minimum absolute atomic E-state index is 0.135. The van der Waals surface area contributed by atoms with Crippen molar-refractivity contribution in [3.05, 3.63) is 18.3 Å². The SMILES string of the molecule is CCCNc1cc(S(=O)(=O)N2CCC(C)C(O)C2)ccn1. The second kappa shape index (κ2) is 6.72. The first kappa shape index (κ1) is 16.2. The lowest BCUT2D eigenvalue weighted by atomic mass is 9.98. The van der Waals surface area contributed by atoms with Crippen molar-refractivity contribution in [2.75, 3.05) is 25.0 Å². The van der Waals surface area contributed by atoms with E-state index in [-0.39, 0.29) is 17.4 Å². The van der Waals surface area contributed by atoms with Gasteiger partial charge in [-0.3, -0.25) is 0 Å². The van der Waals surface area contributed by atoms with Gasteiger partial charge in [-0.05, 0) is 24.8 Å². The van der Waals surface area contributed by atoms with Crippen LogP contribution in [0.5, 0.6) is 0 Å². The Kier molecular flexibility index (Phi) is 5.18. The minimum Gasteiger partial charge on any atom is -0.391 e. The van der Waals surface area contributed by atoms with Gasteiger partial charge in [0.05, 0.1) is 11.0 Å². The number of nitrogens with one attached hydrogen (secondary N) is 1. The Morgan fingerprint density at radius 3 is 2.95 bits per heavy atom. The van der Waals surface area contributed by atoms with Crippen LogP contribution >= 0.6 is 0 Å². The molecule has 2 atom stereocenters. The average Bonchev–Trinajstić information content (AvgIpc) is 2.48. The van der Waals surface area contributed by atoms with Gasteiger partial charge < -0.3 is 10.4 Å². The maximum atomic E-state index is 12.6. The molecule has 21 heavy (non-hydrogen) atoms. The molecule has 1 saturated heterocycles. The molecule has 2 rings (SSSR count). The topological polar surface area (TPSA) is 82.5 Å². The van der Waals surface area contributed by atoms with Gasteiger partial charge in [-0.1, -0.05) is 13.8 Å². The number of sulfonamides is 1. The van der Waals surface area contributed by atoms with Gasteiger partial charge >= 0.3 is 0 Å². The van der Waals surface area contributed by atoms with Crippen molar-refractivity contribution >= 4 is 15.8 Å². The predicted molar refractivity (Wildman–Crippen MR) is 81.6 cm³/mol. The number of rotatable bonds is 5. The van der Waals surface area contributed by atoms with E-state index < -0.39 is 16.1 Å². The molecule has 2 N–H and O–H groups in total. The Morgan fingerprint density at radius 2 is 2.29 bits per heavy atom. The van der Waals surface area contributed by atoms with E-state index in [4.69, 9.17) is 0 Å². The molecule has 0 aromatic carbocycles. The Labute approximate surface area is 126 Å². The molecule has 0 amide bonds. The summed E-state index contributed by atoms with van der Waals surface area (Å²) >= 11 is 0. The largest absolute Gasteiger partial charge is 0.391 e. The van der Waals surface area contributed by atoms with Gasteiger partial charge in [0.15, 0.2) is 0 Å². The quantitative estimate of drug-likeness (QED) is 0.856. The number of hydrogen-bond donors (Lipinski definition) is 2. The van der Waals surface area contributed by atoms with Crippen molar-refractivity contribution in [3.63, 3.8) is 0 Å². The van der Waals surface area contributed by atoms with Gasteiger partial charge in [0.1, 0.15) is 5.82 Å². The highest BCUT2D eigenvalue weighted by molar-refractivity contribution is 7.89. The van der Waals surface area contributed by atoms with Crippen LogP contribution in [-0.4, -0.2) is 48.6 Å². The lowest BCUT2D eigenvalue weighted by molar-refractivity contribution is 0.0605. The molecular formula is C14H23N3O3S. The summed E-state index contributed by atoms with van der Waals surface area (Å²) in [6, 6.07) is 3.05. The molecule has 2 heterocycles. The summed E-state index contributed by atoms with van der Waals surface area (Å²) in [4.78, 5) is 4.34. The van der Waals surface area contributed by atoms with Crippen LogP contribution in [-0.2, 0) is 10.0 Å². The number of hydrogen-bond acceptors (Lipinski definition) is 5. The van der Waals surface area contributed by atoms with Crippen LogP contribution in [0.3, 0.4) is 0 Å². The van der Waals surface area contributed by atoms with Crippen molar-refractivity contribution in [3.8, 4) is 0 Å². The van der Waals surface area contributed by atoms with E-state index in [2.05, 4.69) is 10.3 Å². The summed E-state index contributed by atoms with van der Waals surface area (Å²) < 4.78 is 26.6. The highest BCUT2D eigenvalue weighted by Gasteiger charge is 2.32. The van der Waals surface area contributed by atoms with Crippen LogP contribution in [0, 0.1) is 5.92 Å². The molecule has 1 aromatic heterocycles. The first-order chi connectivity index (χ1) is 9.95. The first-order valence-corrected chi connectivity index (χ1v) is 8.77. The molecule has 1 aromatic rings. The highest BCUT2D eigenvalue weighted by Crippen LogP contribution is 2.24. The van der Waals surface area contributed by atoms with Crippen molar-refractivity contribution < 1.29 is 13.5 Å². The van der Waals surface area contributed by atoms with E-state index in [1.54, 1.807) is 6.07 Å². The maximum absolute atomic E-state index is 12.6. The summed E-state index contributed by atoms with van der Waals surface area (Å²) in [6.07, 6.45) is 2.50. The Morgan fingerprint density at radius 1 is 1.52 bits per heavy atom. The fraction of sp³-hybridized carbons (Fsp3) is 0.643. The molecular weight excluding hydrogens is 290 g/mol. The van der Waals surface area contributed by atoms with Crippen LogP contribution in [0.25, 0.3) is 0 Å². The molecule has 118 valence electrons. The van der Waals surface area contributed by atoms with Crippen LogP contribution in [0.4, 0.5) is 5.82 Å². The number of piperidine rings is 1. The summed E-state index contributed by atoms with van der Waals surface area (Å²) in [5.74, 6) is 0.694. The van der Waals surface area contributed by atoms with Crippen molar-refractivity contribution in [2.45, 2.75) is 37.7 Å². The minimum atomic E-state index is -3.57. The van der Waals surface area contributed by atoms with E-state index in [0.717, 1.165) is 13.0 Å². The predicted octanol–water partition coefficient (Wildman–Crippen LogP) is 1.29. The number of aromatic nitrogens is 1. The second-order valence-corrected chi connectivity index (χ2v) is 7.44. The molecule has 0 radical (unpaired) electrons. The molecule has 0 bridgehead atoms. The fourth-order valence-electron chi connectivity index (χ4n) is 2.31. The van der Waals surface area contributed by atoms with E-state index in [9.17, 15) is 13.5 Å². The number of β-amino-alcohol motifs (C(OH)–C–C–N with tert-alkyl or cyclic N) is 1. The highest BCUT2D eigenvalue weighted by atomic mass is 32.2. The zero-order valence-electron chi connectivity index (χ0n) is 12.5. The van der Waals surface area contributed by atoms with E-state index in [1.165, 1.54) is 16.6 Å². The Bertz CT molecular complexity index is 577. The first-order valence-electron chi connectivity index (χ1n) is 7.33. The van der Waals surface area contributed by atoms with Gasteiger partial charge in [0, 0.05) is 31.9 Å². The van der Waals surface area contributed by atoms with Crippen LogP contribution < -0.4 is 5.32 Å². The number of pyridine rings is 1. The van der Waals surface area contributed by atoms with Crippen molar-refractivity contribution in [1.82, 2.24) is 9.29 Å². The number of aliphatic hydroxyl groups is 1. The Hall–Kier alpha value is -1.18. The molecule has 1 aliphatic heterocycles. The van der Waals surface area contributed by atoms with Crippen molar-refractivity contribution in [2.24, 2.45) is 5.92 Å². The van der Waals surface area contributed by atoms with Gasteiger partial charge in [-0.15, -0.1) is 0 Å². The smallest absolute Gasteiger partial charge is 0.243 e. The monoisotopic (exact) mass is 313 g/mol. The van der Waals surface area contributed by atoms with E-state index in [0.29, 0.717) is 18.8 Å². The standard InChI is InChI=1S/C14H23N3O3S/c1-3-6-15-14-9-12(4-7-16-14)21(19,20)17-8-5-11(2)13(18)10-17/h4,7,9,11,13,18H,3,5-6,8,10H2,1-2H3,(H,15,16). The molecule has 1 aliphatic rings. The summed E-state index contributed by atoms with van der Waals surface area (Å²) in [6.45, 7) is 5.32. The number of nitrogens with zero attached hydrogens (tertiary/aromatic N) is 2. The summed E-state index contributed by atoms with van der Waals surface area (Å²) in [7, 11) is -3.57. The molecule has 0 aliphatic carbocycles. The molecule has 1 fully saturated rings. The van der Waals surface area contributed by atoms with E-state index in [1.807, 2.05) is 13.8 Å². The lowest BCUT2D eigenvalue weighted by Crippen LogP contribution is -2.45. The third-order valence-corrected chi connectivity index (χ3v) is 5.67. The third kappa shape index (κ3) is 3.72. The number of anilines is 1. The maximum Gasteiger partial charge on any atom is 0.243 e. The molecule has 7 heteroatoms. The molecule has 6 nitrogen and oxygen atoms in total.